The third kappa shape index (κ3) is 1.36. The molecule has 1 radical (unpaired) electrons. The van der Waals surface area contributed by atoms with E-state index in [0.29, 0.717) is 0 Å². The van der Waals surface area contributed by atoms with Gasteiger partial charge in [0.25, 0.3) is 0 Å². The summed E-state index contributed by atoms with van der Waals surface area (Å²) in [5, 5.41) is 0. The topological polar surface area (TPSA) is 40.9 Å². The molecular formula is C12H14NO. The van der Waals surface area contributed by atoms with Crippen molar-refractivity contribution in [2.75, 3.05) is 0 Å². The van der Waals surface area contributed by atoms with E-state index in [1.807, 2.05) is 30.3 Å². The van der Waals surface area contributed by atoms with Crippen LogP contribution >= 0.6 is 0 Å². The molecule has 1 aromatic rings. The maximum absolute atomic E-state index is 11.6. The van der Waals surface area contributed by atoms with E-state index in [-0.39, 0.29) is 11.7 Å². The van der Waals surface area contributed by atoms with Crippen LogP contribution in [0.15, 0.2) is 30.3 Å². The van der Waals surface area contributed by atoms with Crippen molar-refractivity contribution >= 4 is 5.78 Å². The molecule has 1 unspecified atom stereocenters. The van der Waals surface area contributed by atoms with Crippen molar-refractivity contribution in [3.63, 3.8) is 0 Å². The van der Waals surface area contributed by atoms with Gasteiger partial charge in [-0.1, -0.05) is 30.3 Å². The van der Waals surface area contributed by atoms with E-state index in [2.05, 4.69) is 0 Å². The fourth-order valence-electron chi connectivity index (χ4n) is 1.94. The largest absolute Gasteiger partial charge is 0.297 e. The minimum Gasteiger partial charge on any atom is -0.297 e. The molecule has 1 atom stereocenters. The lowest BCUT2D eigenvalue weighted by atomic mass is 9.83. The minimum atomic E-state index is -0.985. The predicted octanol–water partition coefficient (Wildman–Crippen LogP) is 2.16. The molecule has 1 aliphatic carbocycles. The Bertz CT molecular complexity index is 343. The van der Waals surface area contributed by atoms with Gasteiger partial charge in [0.15, 0.2) is 5.78 Å². The van der Waals surface area contributed by atoms with E-state index in [0.717, 1.165) is 18.4 Å². The Morgan fingerprint density at radius 2 is 1.93 bits per heavy atom. The van der Waals surface area contributed by atoms with Crippen molar-refractivity contribution in [2.45, 2.75) is 25.3 Å². The standard InChI is InChI=1S/C12H14NO/c1-9(14)12(13,11-7-8-11)10-5-3-2-4-6-10/h2-6,11,13H,7-8H2,1H3. The molecule has 0 heterocycles. The third-order valence-electron chi connectivity index (χ3n) is 2.97. The monoisotopic (exact) mass is 188 g/mol. The lowest BCUT2D eigenvalue weighted by Gasteiger charge is -2.25. The summed E-state index contributed by atoms with van der Waals surface area (Å²) >= 11 is 0. The molecule has 0 aliphatic heterocycles. The normalized spacial score (nSPS) is 20.1. The number of hydrogen-bond acceptors (Lipinski definition) is 1. The third-order valence-corrected chi connectivity index (χ3v) is 2.97. The van der Waals surface area contributed by atoms with Gasteiger partial charge in [-0.3, -0.25) is 4.79 Å². The molecule has 2 heteroatoms. The number of nitrogens with one attached hydrogen (secondary N) is 1. The van der Waals surface area contributed by atoms with Gasteiger partial charge in [0.1, 0.15) is 5.54 Å². The summed E-state index contributed by atoms with van der Waals surface area (Å²) in [7, 11) is 0. The van der Waals surface area contributed by atoms with Gasteiger partial charge in [-0.25, -0.2) is 5.73 Å². The second-order valence-corrected chi connectivity index (χ2v) is 4.00. The van der Waals surface area contributed by atoms with Crippen LogP contribution in [-0.2, 0) is 10.3 Å². The van der Waals surface area contributed by atoms with Crippen LogP contribution in [0.25, 0.3) is 0 Å². The summed E-state index contributed by atoms with van der Waals surface area (Å²) in [4.78, 5) is 11.6. The molecule has 2 rings (SSSR count). The molecule has 14 heavy (non-hydrogen) atoms. The molecule has 1 aromatic carbocycles. The summed E-state index contributed by atoms with van der Waals surface area (Å²) < 4.78 is 0. The second-order valence-electron chi connectivity index (χ2n) is 4.00. The Balaban J connectivity index is 2.41. The Morgan fingerprint density at radius 3 is 2.36 bits per heavy atom. The van der Waals surface area contributed by atoms with Crippen LogP contribution < -0.4 is 5.73 Å². The van der Waals surface area contributed by atoms with E-state index < -0.39 is 5.54 Å². The zero-order valence-corrected chi connectivity index (χ0v) is 8.29. The number of carbonyl (C=O) groups is 1. The van der Waals surface area contributed by atoms with Gasteiger partial charge in [0.05, 0.1) is 0 Å². The van der Waals surface area contributed by atoms with Gasteiger partial charge in [-0.2, -0.15) is 0 Å². The molecule has 1 aliphatic rings. The van der Waals surface area contributed by atoms with E-state index >= 15 is 0 Å². The molecule has 0 amide bonds. The lowest BCUT2D eigenvalue weighted by Crippen LogP contribution is -2.38. The van der Waals surface area contributed by atoms with Gasteiger partial charge < -0.3 is 0 Å². The smallest absolute Gasteiger partial charge is 0.155 e. The van der Waals surface area contributed by atoms with E-state index in [1.165, 1.54) is 6.92 Å². The van der Waals surface area contributed by atoms with Crippen molar-refractivity contribution in [1.29, 1.82) is 0 Å². The lowest BCUT2D eigenvalue weighted by molar-refractivity contribution is -0.123. The van der Waals surface area contributed by atoms with Crippen LogP contribution in [0.4, 0.5) is 0 Å². The van der Waals surface area contributed by atoms with Crippen molar-refractivity contribution < 1.29 is 4.79 Å². The fourth-order valence-corrected chi connectivity index (χ4v) is 1.94. The van der Waals surface area contributed by atoms with Gasteiger partial charge in [-0.05, 0) is 31.2 Å². The maximum atomic E-state index is 11.6. The summed E-state index contributed by atoms with van der Waals surface area (Å²) in [6.45, 7) is 1.53. The molecule has 1 fully saturated rings. The summed E-state index contributed by atoms with van der Waals surface area (Å²) in [6.07, 6.45) is 2.02. The van der Waals surface area contributed by atoms with Gasteiger partial charge in [0, 0.05) is 0 Å². The molecule has 1 N–H and O–H groups in total. The second kappa shape index (κ2) is 3.21. The van der Waals surface area contributed by atoms with Crippen LogP contribution in [-0.4, -0.2) is 5.78 Å². The van der Waals surface area contributed by atoms with Crippen LogP contribution in [0.5, 0.6) is 0 Å². The average Bonchev–Trinajstić information content (AvgIpc) is 3.01. The average molecular weight is 188 g/mol. The summed E-state index contributed by atoms with van der Waals surface area (Å²) in [5.41, 5.74) is 8.14. The summed E-state index contributed by atoms with van der Waals surface area (Å²) in [6, 6.07) is 9.46. The molecular weight excluding hydrogens is 174 g/mol. The number of ketones is 1. The molecule has 0 aromatic heterocycles. The van der Waals surface area contributed by atoms with Crippen molar-refractivity contribution in [3.8, 4) is 0 Å². The van der Waals surface area contributed by atoms with Crippen LogP contribution in [0.2, 0.25) is 0 Å². The first-order valence-electron chi connectivity index (χ1n) is 4.97. The SMILES string of the molecule is CC(=O)C([NH])(c1ccccc1)C1CC1. The Labute approximate surface area is 84.1 Å². The number of benzene rings is 1. The van der Waals surface area contributed by atoms with Crippen LogP contribution in [0, 0.1) is 5.92 Å². The van der Waals surface area contributed by atoms with E-state index in [4.69, 9.17) is 5.73 Å². The number of carbonyl (C=O) groups excluding carboxylic acids is 1. The molecule has 0 spiro atoms. The number of rotatable bonds is 3. The number of Topliss-reactive ketones (excluding diaryl/α,β-unsaturated/α-hetero) is 1. The predicted molar refractivity (Wildman–Crippen MR) is 54.6 cm³/mol. The first-order valence-corrected chi connectivity index (χ1v) is 4.97. The highest BCUT2D eigenvalue weighted by Crippen LogP contribution is 2.45. The highest BCUT2D eigenvalue weighted by atomic mass is 16.1. The van der Waals surface area contributed by atoms with Crippen molar-refractivity contribution in [1.82, 2.24) is 5.73 Å². The Kier molecular flexibility index (Phi) is 2.16. The highest BCUT2D eigenvalue weighted by molar-refractivity contribution is 5.87. The summed E-state index contributed by atoms with van der Waals surface area (Å²) in [5.74, 6) is 0.202. The highest BCUT2D eigenvalue weighted by Gasteiger charge is 2.47. The molecule has 0 saturated heterocycles. The Morgan fingerprint density at radius 1 is 1.36 bits per heavy atom. The van der Waals surface area contributed by atoms with Crippen LogP contribution in [0.1, 0.15) is 25.3 Å². The maximum Gasteiger partial charge on any atom is 0.155 e. The first-order chi connectivity index (χ1) is 6.65. The van der Waals surface area contributed by atoms with E-state index in [9.17, 15) is 4.79 Å². The van der Waals surface area contributed by atoms with Gasteiger partial charge >= 0.3 is 0 Å². The van der Waals surface area contributed by atoms with Crippen LogP contribution in [0.3, 0.4) is 0 Å². The van der Waals surface area contributed by atoms with E-state index in [1.54, 1.807) is 0 Å². The number of hydrogen-bond donors (Lipinski definition) is 0. The quantitative estimate of drug-likeness (QED) is 0.716. The molecule has 0 bridgehead atoms. The van der Waals surface area contributed by atoms with Crippen molar-refractivity contribution in [3.05, 3.63) is 35.9 Å². The zero-order valence-electron chi connectivity index (χ0n) is 8.29. The zero-order chi connectivity index (χ0) is 10.2. The first kappa shape index (κ1) is 9.41. The van der Waals surface area contributed by atoms with Gasteiger partial charge in [0.2, 0.25) is 0 Å². The molecule has 1 saturated carbocycles. The Hall–Kier alpha value is -1.15. The fraction of sp³-hybridized carbons (Fsp3) is 0.417. The van der Waals surface area contributed by atoms with Crippen molar-refractivity contribution in [2.24, 2.45) is 5.92 Å². The van der Waals surface area contributed by atoms with Gasteiger partial charge in [-0.15, -0.1) is 0 Å². The molecule has 73 valence electrons. The molecule has 2 nitrogen and oxygen atoms in total. The minimum absolute atomic E-state index is 0.0359.